The van der Waals surface area contributed by atoms with E-state index in [9.17, 15) is 13.6 Å². The summed E-state index contributed by atoms with van der Waals surface area (Å²) in [5.74, 6) is -4.28. The molecule has 0 bridgehead atoms. The first kappa shape index (κ1) is 12.9. The lowest BCUT2D eigenvalue weighted by molar-refractivity contribution is -0.135. The number of hydrogen-bond donors (Lipinski definition) is 2. The predicted octanol–water partition coefficient (Wildman–Crippen LogP) is 1.41. The summed E-state index contributed by atoms with van der Waals surface area (Å²) < 4.78 is 31.2. The Morgan fingerprint density at radius 3 is 2.35 bits per heavy atom. The molecule has 92 valence electrons. The molecular weight excluding hydrogens is 236 g/mol. The highest BCUT2D eigenvalue weighted by molar-refractivity contribution is 6.43. The number of phenolic OH excluding ortho intramolecular Hbond substituents is 1. The molecule has 1 rings (SSSR count). The summed E-state index contributed by atoms with van der Waals surface area (Å²) in [4.78, 5) is 11.3. The molecule has 5 nitrogen and oxygen atoms in total. The fourth-order valence-corrected chi connectivity index (χ4v) is 1.18. The van der Waals surface area contributed by atoms with Gasteiger partial charge in [0, 0.05) is 12.1 Å². The van der Waals surface area contributed by atoms with Gasteiger partial charge in [0.15, 0.2) is 5.71 Å². The zero-order valence-electron chi connectivity index (χ0n) is 8.78. The van der Waals surface area contributed by atoms with Crippen LogP contribution in [0.4, 0.5) is 8.78 Å². The Labute approximate surface area is 94.9 Å². The molecule has 0 heterocycles. The highest BCUT2D eigenvalue weighted by Gasteiger charge is 2.24. The van der Waals surface area contributed by atoms with Crippen LogP contribution < -0.4 is 0 Å². The van der Waals surface area contributed by atoms with Crippen molar-refractivity contribution in [3.8, 4) is 5.75 Å². The van der Waals surface area contributed by atoms with Gasteiger partial charge < -0.3 is 15.1 Å². The Morgan fingerprint density at radius 1 is 1.41 bits per heavy atom. The molecular formula is C10H9F2NO4. The van der Waals surface area contributed by atoms with E-state index in [0.717, 1.165) is 0 Å². The Bertz CT molecular complexity index is 450. The molecule has 0 fully saturated rings. The topological polar surface area (TPSA) is 79.1 Å². The van der Waals surface area contributed by atoms with Crippen LogP contribution in [-0.2, 0) is 9.53 Å². The van der Waals surface area contributed by atoms with E-state index < -0.39 is 34.6 Å². The van der Waals surface area contributed by atoms with E-state index in [2.05, 4.69) is 9.89 Å². The average Bonchev–Trinajstić information content (AvgIpc) is 2.23. The van der Waals surface area contributed by atoms with Crippen LogP contribution in [0.15, 0.2) is 17.3 Å². The van der Waals surface area contributed by atoms with Crippen molar-refractivity contribution < 1.29 is 28.6 Å². The van der Waals surface area contributed by atoms with Gasteiger partial charge in [-0.1, -0.05) is 5.16 Å². The number of phenols is 1. The van der Waals surface area contributed by atoms with E-state index in [-0.39, 0.29) is 6.61 Å². The predicted molar refractivity (Wildman–Crippen MR) is 53.0 cm³/mol. The summed E-state index contributed by atoms with van der Waals surface area (Å²) in [6.45, 7) is 1.44. The summed E-state index contributed by atoms with van der Waals surface area (Å²) in [6, 6.07) is 1.17. The van der Waals surface area contributed by atoms with Crippen molar-refractivity contribution in [2.75, 3.05) is 6.61 Å². The third-order valence-corrected chi connectivity index (χ3v) is 1.83. The molecule has 2 N–H and O–H groups in total. The Balaban J connectivity index is 3.27. The third-order valence-electron chi connectivity index (χ3n) is 1.83. The normalized spacial score (nSPS) is 11.4. The first-order chi connectivity index (χ1) is 8.01. The smallest absolute Gasteiger partial charge is 0.361 e. The first-order valence-corrected chi connectivity index (χ1v) is 4.58. The second kappa shape index (κ2) is 5.24. The van der Waals surface area contributed by atoms with Gasteiger partial charge in [-0.2, -0.15) is 0 Å². The first-order valence-electron chi connectivity index (χ1n) is 4.58. The fourth-order valence-electron chi connectivity index (χ4n) is 1.18. The van der Waals surface area contributed by atoms with Gasteiger partial charge in [-0.15, -0.1) is 0 Å². The number of benzene rings is 1. The molecule has 0 spiro atoms. The minimum absolute atomic E-state index is 0.0425. The van der Waals surface area contributed by atoms with Crippen LogP contribution in [0.3, 0.4) is 0 Å². The van der Waals surface area contributed by atoms with Gasteiger partial charge in [0.05, 0.1) is 12.2 Å². The maximum atomic E-state index is 13.3. The molecule has 0 saturated heterocycles. The number of carbonyl (C=O) groups excluding carboxylic acids is 1. The SMILES string of the molecule is CCOC(=O)/C(=N\O)c1c(F)cc(O)cc1F. The Morgan fingerprint density at radius 2 is 1.94 bits per heavy atom. The van der Waals surface area contributed by atoms with Crippen molar-refractivity contribution in [1.82, 2.24) is 0 Å². The molecule has 0 aromatic heterocycles. The van der Waals surface area contributed by atoms with Crippen molar-refractivity contribution in [2.24, 2.45) is 5.16 Å². The van der Waals surface area contributed by atoms with Crippen LogP contribution in [0, 0.1) is 11.6 Å². The summed E-state index contributed by atoms with van der Waals surface area (Å²) in [6.07, 6.45) is 0. The summed E-state index contributed by atoms with van der Waals surface area (Å²) in [5.41, 5.74) is -1.76. The van der Waals surface area contributed by atoms with Gasteiger partial charge in [-0.3, -0.25) is 0 Å². The molecule has 0 aliphatic carbocycles. The van der Waals surface area contributed by atoms with E-state index in [0.29, 0.717) is 12.1 Å². The lowest BCUT2D eigenvalue weighted by Gasteiger charge is -2.07. The number of oxime groups is 1. The molecule has 0 atom stereocenters. The van der Waals surface area contributed by atoms with Crippen LogP contribution in [0.2, 0.25) is 0 Å². The monoisotopic (exact) mass is 245 g/mol. The molecule has 7 heteroatoms. The molecule has 17 heavy (non-hydrogen) atoms. The van der Waals surface area contributed by atoms with E-state index >= 15 is 0 Å². The maximum absolute atomic E-state index is 13.3. The molecule has 0 radical (unpaired) electrons. The minimum Gasteiger partial charge on any atom is -0.508 e. The molecule has 0 aliphatic heterocycles. The Hall–Kier alpha value is -2.18. The number of esters is 1. The van der Waals surface area contributed by atoms with Crippen molar-refractivity contribution >= 4 is 11.7 Å². The summed E-state index contributed by atoms with van der Waals surface area (Å²) >= 11 is 0. The van der Waals surface area contributed by atoms with Gasteiger partial charge in [0.1, 0.15) is 17.4 Å². The summed E-state index contributed by atoms with van der Waals surface area (Å²) in [7, 11) is 0. The molecule has 0 unspecified atom stereocenters. The van der Waals surface area contributed by atoms with Crippen LogP contribution in [0.25, 0.3) is 0 Å². The number of rotatable bonds is 3. The molecule has 0 amide bonds. The maximum Gasteiger partial charge on any atom is 0.361 e. The molecule has 1 aromatic carbocycles. The van der Waals surface area contributed by atoms with Crippen LogP contribution >= 0.6 is 0 Å². The van der Waals surface area contributed by atoms with Gasteiger partial charge >= 0.3 is 5.97 Å². The number of carbonyl (C=O) groups is 1. The standard InChI is InChI=1S/C10H9F2NO4/c1-2-17-10(15)9(13-16)8-6(11)3-5(14)4-7(8)12/h3-4,14,16H,2H2,1H3/b13-9-. The van der Waals surface area contributed by atoms with E-state index in [1.54, 1.807) is 0 Å². The molecule has 0 aliphatic rings. The van der Waals surface area contributed by atoms with Gasteiger partial charge in [0.2, 0.25) is 0 Å². The number of halogens is 2. The molecule has 1 aromatic rings. The number of hydrogen-bond acceptors (Lipinski definition) is 5. The van der Waals surface area contributed by atoms with Gasteiger partial charge in [-0.05, 0) is 6.92 Å². The zero-order chi connectivity index (χ0) is 13.0. The minimum atomic E-state index is -1.23. The van der Waals surface area contributed by atoms with Crippen molar-refractivity contribution in [2.45, 2.75) is 6.92 Å². The van der Waals surface area contributed by atoms with E-state index in [1.165, 1.54) is 6.92 Å². The highest BCUT2D eigenvalue weighted by atomic mass is 19.1. The average molecular weight is 245 g/mol. The Kier molecular flexibility index (Phi) is 3.97. The molecule has 0 saturated carbocycles. The quantitative estimate of drug-likeness (QED) is 0.365. The largest absolute Gasteiger partial charge is 0.508 e. The van der Waals surface area contributed by atoms with Gasteiger partial charge in [0.25, 0.3) is 0 Å². The zero-order valence-corrected chi connectivity index (χ0v) is 8.78. The summed E-state index contributed by atoms with van der Waals surface area (Å²) in [5, 5.41) is 20.0. The number of aromatic hydroxyl groups is 1. The second-order valence-electron chi connectivity index (χ2n) is 2.95. The van der Waals surface area contributed by atoms with Crippen molar-refractivity contribution in [1.29, 1.82) is 0 Å². The highest BCUT2D eigenvalue weighted by Crippen LogP contribution is 2.20. The second-order valence-corrected chi connectivity index (χ2v) is 2.95. The lowest BCUT2D eigenvalue weighted by atomic mass is 10.1. The van der Waals surface area contributed by atoms with Crippen LogP contribution in [0.5, 0.6) is 5.75 Å². The van der Waals surface area contributed by atoms with Crippen molar-refractivity contribution in [3.63, 3.8) is 0 Å². The van der Waals surface area contributed by atoms with Crippen LogP contribution in [0.1, 0.15) is 12.5 Å². The number of nitrogens with zero attached hydrogens (tertiary/aromatic N) is 1. The van der Waals surface area contributed by atoms with E-state index in [1.807, 2.05) is 0 Å². The van der Waals surface area contributed by atoms with Crippen molar-refractivity contribution in [3.05, 3.63) is 29.3 Å². The van der Waals surface area contributed by atoms with Gasteiger partial charge in [-0.25, -0.2) is 13.6 Å². The van der Waals surface area contributed by atoms with E-state index in [4.69, 9.17) is 10.3 Å². The fraction of sp³-hybridized carbons (Fsp3) is 0.200. The third kappa shape index (κ3) is 2.68. The van der Waals surface area contributed by atoms with Crippen LogP contribution in [-0.4, -0.2) is 28.6 Å². The lowest BCUT2D eigenvalue weighted by Crippen LogP contribution is -2.21. The number of ether oxygens (including phenoxy) is 1.